The van der Waals surface area contributed by atoms with Crippen molar-refractivity contribution in [2.75, 3.05) is 13.2 Å². The summed E-state index contributed by atoms with van der Waals surface area (Å²) in [5, 5.41) is 11.5. The molecule has 0 bridgehead atoms. The van der Waals surface area contributed by atoms with Crippen LogP contribution >= 0.6 is 11.3 Å². The molecule has 3 rings (SSSR count). The number of thiazole rings is 1. The van der Waals surface area contributed by atoms with E-state index < -0.39 is 0 Å². The van der Waals surface area contributed by atoms with Crippen molar-refractivity contribution < 1.29 is 5.11 Å². The SMILES string of the molecule is CC1CCN(Cc2cn3ccsc3n2)C1CO. The predicted molar refractivity (Wildman–Crippen MR) is 68.1 cm³/mol. The molecule has 0 amide bonds. The lowest BCUT2D eigenvalue weighted by atomic mass is 10.0. The lowest BCUT2D eigenvalue weighted by molar-refractivity contribution is 0.133. The van der Waals surface area contributed by atoms with Gasteiger partial charge in [-0.1, -0.05) is 6.92 Å². The van der Waals surface area contributed by atoms with Crippen LogP contribution in [0.1, 0.15) is 19.0 Å². The summed E-state index contributed by atoms with van der Waals surface area (Å²) in [6.07, 6.45) is 5.29. The summed E-state index contributed by atoms with van der Waals surface area (Å²) in [7, 11) is 0. The van der Waals surface area contributed by atoms with Crippen molar-refractivity contribution in [3.05, 3.63) is 23.5 Å². The third kappa shape index (κ3) is 1.99. The van der Waals surface area contributed by atoms with Gasteiger partial charge in [-0.3, -0.25) is 9.30 Å². The van der Waals surface area contributed by atoms with E-state index in [0.29, 0.717) is 12.0 Å². The summed E-state index contributed by atoms with van der Waals surface area (Å²) in [4.78, 5) is 7.98. The normalized spacial score (nSPS) is 26.0. The molecule has 92 valence electrons. The van der Waals surface area contributed by atoms with Crippen molar-refractivity contribution in [2.45, 2.75) is 25.9 Å². The molecule has 0 saturated carbocycles. The molecule has 0 aliphatic carbocycles. The van der Waals surface area contributed by atoms with E-state index in [9.17, 15) is 5.11 Å². The van der Waals surface area contributed by atoms with Gasteiger partial charge in [0, 0.05) is 30.4 Å². The maximum absolute atomic E-state index is 9.42. The van der Waals surface area contributed by atoms with E-state index in [1.807, 2.05) is 11.6 Å². The molecule has 4 nitrogen and oxygen atoms in total. The molecular weight excluding hydrogens is 234 g/mol. The Morgan fingerprint density at radius 3 is 3.24 bits per heavy atom. The zero-order valence-electron chi connectivity index (χ0n) is 9.91. The third-order valence-electron chi connectivity index (χ3n) is 3.69. The fourth-order valence-electron chi connectivity index (χ4n) is 2.64. The van der Waals surface area contributed by atoms with Crippen molar-refractivity contribution in [2.24, 2.45) is 5.92 Å². The van der Waals surface area contributed by atoms with Gasteiger partial charge in [-0.25, -0.2) is 4.98 Å². The van der Waals surface area contributed by atoms with E-state index >= 15 is 0 Å². The average Bonchev–Trinajstić information content (AvgIpc) is 2.94. The van der Waals surface area contributed by atoms with Gasteiger partial charge in [0.25, 0.3) is 0 Å². The summed E-state index contributed by atoms with van der Waals surface area (Å²) in [6.45, 7) is 4.39. The largest absolute Gasteiger partial charge is 0.395 e. The van der Waals surface area contributed by atoms with Gasteiger partial charge in [-0.05, 0) is 18.9 Å². The second kappa shape index (κ2) is 4.40. The van der Waals surface area contributed by atoms with E-state index in [1.54, 1.807) is 11.3 Å². The molecule has 5 heteroatoms. The first-order valence-electron chi connectivity index (χ1n) is 6.04. The van der Waals surface area contributed by atoms with Crippen molar-refractivity contribution in [1.29, 1.82) is 0 Å². The van der Waals surface area contributed by atoms with Crippen LogP contribution in [0.2, 0.25) is 0 Å². The highest BCUT2D eigenvalue weighted by atomic mass is 32.1. The molecule has 2 unspecified atom stereocenters. The topological polar surface area (TPSA) is 40.8 Å². The number of aliphatic hydroxyl groups excluding tert-OH is 1. The molecule has 1 fully saturated rings. The number of rotatable bonds is 3. The number of fused-ring (bicyclic) bond motifs is 1. The average molecular weight is 251 g/mol. The second-order valence-corrected chi connectivity index (χ2v) is 5.68. The Bertz CT molecular complexity index is 478. The van der Waals surface area contributed by atoms with Gasteiger partial charge in [0.2, 0.25) is 0 Å². The van der Waals surface area contributed by atoms with Crippen molar-refractivity contribution in [3.63, 3.8) is 0 Å². The van der Waals surface area contributed by atoms with Gasteiger partial charge in [0.05, 0.1) is 12.3 Å². The fourth-order valence-corrected chi connectivity index (χ4v) is 3.36. The Morgan fingerprint density at radius 1 is 1.59 bits per heavy atom. The highest BCUT2D eigenvalue weighted by molar-refractivity contribution is 7.15. The van der Waals surface area contributed by atoms with Crippen LogP contribution < -0.4 is 0 Å². The summed E-state index contributed by atoms with van der Waals surface area (Å²) >= 11 is 1.66. The highest BCUT2D eigenvalue weighted by Gasteiger charge is 2.30. The van der Waals surface area contributed by atoms with Crippen LogP contribution in [0.4, 0.5) is 0 Å². The van der Waals surface area contributed by atoms with Crippen LogP contribution in [0.5, 0.6) is 0 Å². The van der Waals surface area contributed by atoms with Crippen LogP contribution in [0.15, 0.2) is 17.8 Å². The molecule has 0 spiro atoms. The quantitative estimate of drug-likeness (QED) is 0.901. The molecule has 2 atom stereocenters. The maximum Gasteiger partial charge on any atom is 0.193 e. The number of nitrogens with zero attached hydrogens (tertiary/aromatic N) is 3. The molecule has 1 saturated heterocycles. The molecular formula is C12H17N3OS. The molecule has 1 N–H and O–H groups in total. The summed E-state index contributed by atoms with van der Waals surface area (Å²) in [5.41, 5.74) is 1.10. The number of hydrogen-bond donors (Lipinski definition) is 1. The van der Waals surface area contributed by atoms with E-state index in [1.165, 1.54) is 6.42 Å². The Morgan fingerprint density at radius 2 is 2.47 bits per heavy atom. The number of aromatic nitrogens is 2. The Hall–Kier alpha value is -0.910. The van der Waals surface area contributed by atoms with Crippen molar-refractivity contribution in [1.82, 2.24) is 14.3 Å². The zero-order valence-corrected chi connectivity index (χ0v) is 10.7. The maximum atomic E-state index is 9.42. The van der Waals surface area contributed by atoms with E-state index in [2.05, 4.69) is 27.4 Å². The number of imidazole rings is 1. The number of aliphatic hydroxyl groups is 1. The molecule has 2 aromatic heterocycles. The lowest BCUT2D eigenvalue weighted by Crippen LogP contribution is -2.34. The van der Waals surface area contributed by atoms with Crippen LogP contribution in [0.25, 0.3) is 4.96 Å². The van der Waals surface area contributed by atoms with Gasteiger partial charge in [-0.2, -0.15) is 0 Å². The van der Waals surface area contributed by atoms with Gasteiger partial charge in [0.15, 0.2) is 4.96 Å². The van der Waals surface area contributed by atoms with Crippen LogP contribution in [0.3, 0.4) is 0 Å². The standard InChI is InChI=1S/C12H17N3OS/c1-9-2-3-14(11(9)8-16)6-10-7-15-4-5-17-12(15)13-10/h4-5,7,9,11,16H,2-3,6,8H2,1H3. The van der Waals surface area contributed by atoms with Crippen LogP contribution in [0, 0.1) is 5.92 Å². The third-order valence-corrected chi connectivity index (χ3v) is 4.46. The highest BCUT2D eigenvalue weighted by Crippen LogP contribution is 2.25. The molecule has 2 aromatic rings. The molecule has 17 heavy (non-hydrogen) atoms. The molecule has 1 aliphatic heterocycles. The Labute approximate surface area is 105 Å². The van der Waals surface area contributed by atoms with E-state index in [0.717, 1.165) is 23.7 Å². The van der Waals surface area contributed by atoms with Gasteiger partial charge in [-0.15, -0.1) is 11.3 Å². The summed E-state index contributed by atoms with van der Waals surface area (Å²) in [6, 6.07) is 0.301. The molecule has 0 radical (unpaired) electrons. The Balaban J connectivity index is 1.76. The first-order valence-corrected chi connectivity index (χ1v) is 6.92. The first kappa shape index (κ1) is 11.2. The Kier molecular flexibility index (Phi) is 2.90. The smallest absolute Gasteiger partial charge is 0.193 e. The lowest BCUT2D eigenvalue weighted by Gasteiger charge is -2.23. The minimum atomic E-state index is 0.253. The fraction of sp³-hybridized carbons (Fsp3) is 0.583. The predicted octanol–water partition coefficient (Wildman–Crippen LogP) is 1.60. The molecule has 1 aliphatic rings. The monoisotopic (exact) mass is 251 g/mol. The zero-order chi connectivity index (χ0) is 11.8. The van der Waals surface area contributed by atoms with Crippen molar-refractivity contribution >= 4 is 16.3 Å². The summed E-state index contributed by atoms with van der Waals surface area (Å²) in [5.74, 6) is 0.587. The van der Waals surface area contributed by atoms with Crippen LogP contribution in [-0.2, 0) is 6.54 Å². The summed E-state index contributed by atoms with van der Waals surface area (Å²) < 4.78 is 2.06. The first-order chi connectivity index (χ1) is 8.28. The minimum absolute atomic E-state index is 0.253. The van der Waals surface area contributed by atoms with Crippen LogP contribution in [-0.4, -0.2) is 38.6 Å². The molecule has 0 aromatic carbocycles. The van der Waals surface area contributed by atoms with Gasteiger partial charge < -0.3 is 5.11 Å². The molecule has 3 heterocycles. The minimum Gasteiger partial charge on any atom is -0.395 e. The number of hydrogen-bond acceptors (Lipinski definition) is 4. The van der Waals surface area contributed by atoms with E-state index in [-0.39, 0.29) is 6.61 Å². The van der Waals surface area contributed by atoms with E-state index in [4.69, 9.17) is 0 Å². The second-order valence-electron chi connectivity index (χ2n) is 4.81. The van der Waals surface area contributed by atoms with Crippen molar-refractivity contribution in [3.8, 4) is 0 Å². The number of likely N-dealkylation sites (tertiary alicyclic amines) is 1. The van der Waals surface area contributed by atoms with Gasteiger partial charge in [0.1, 0.15) is 0 Å². The van der Waals surface area contributed by atoms with Gasteiger partial charge >= 0.3 is 0 Å².